The Kier molecular flexibility index (Phi) is 7.08. The summed E-state index contributed by atoms with van der Waals surface area (Å²) in [5.41, 5.74) is 0. The van der Waals surface area contributed by atoms with Crippen molar-refractivity contribution < 1.29 is 14.3 Å². The van der Waals surface area contributed by atoms with E-state index in [-0.39, 0.29) is 29.2 Å². The molecular weight excluding hydrogens is 334 g/mol. The van der Waals surface area contributed by atoms with Crippen molar-refractivity contribution in [3.8, 4) is 0 Å². The van der Waals surface area contributed by atoms with E-state index in [1.165, 1.54) is 32.1 Å². The Morgan fingerprint density at radius 3 is 2.40 bits per heavy atom. The molecule has 142 valence electrons. The fraction of sp³-hybridized carbons (Fsp3) is 0.900. The Hall–Kier alpha value is -0.710. The quantitative estimate of drug-likeness (QED) is 0.516. The van der Waals surface area contributed by atoms with Gasteiger partial charge in [-0.25, -0.2) is 4.79 Å². The number of hydrogen-bond donors (Lipinski definition) is 0. The average molecular weight is 368 g/mol. The van der Waals surface area contributed by atoms with Crippen molar-refractivity contribution in [2.24, 2.45) is 11.8 Å². The van der Waals surface area contributed by atoms with Crippen LogP contribution in [0.1, 0.15) is 77.6 Å². The number of esters is 1. The highest BCUT2D eigenvalue weighted by Gasteiger charge is 2.47. The van der Waals surface area contributed by atoms with Gasteiger partial charge < -0.3 is 9.64 Å². The summed E-state index contributed by atoms with van der Waals surface area (Å²) >= 11 is 1.82. The van der Waals surface area contributed by atoms with E-state index in [4.69, 9.17) is 4.74 Å². The molecular formula is C20H33NO3S. The van der Waals surface area contributed by atoms with Crippen molar-refractivity contribution >= 4 is 23.6 Å². The molecule has 2 atom stereocenters. The normalized spacial score (nSPS) is 28.4. The predicted molar refractivity (Wildman–Crippen MR) is 101 cm³/mol. The SMILES string of the molecule is CCCCOC(=O)C1CSC(C2CCCCC2)N1C(=O)C1CCCC1. The standard InChI is InChI=1S/C20H33NO3S/c1-2-3-13-24-20(23)17-14-25-19(16-11-5-4-6-12-16)21(17)18(22)15-9-7-8-10-15/h15-17,19H,2-14H2,1H3. The van der Waals surface area contributed by atoms with Crippen LogP contribution in [0.4, 0.5) is 0 Å². The lowest BCUT2D eigenvalue weighted by Crippen LogP contribution is -2.50. The molecule has 2 unspecified atom stereocenters. The van der Waals surface area contributed by atoms with Crippen LogP contribution < -0.4 is 0 Å². The maximum absolute atomic E-state index is 13.3. The highest BCUT2D eigenvalue weighted by Crippen LogP contribution is 2.42. The van der Waals surface area contributed by atoms with Gasteiger partial charge in [0.2, 0.25) is 5.91 Å². The summed E-state index contributed by atoms with van der Waals surface area (Å²) in [6, 6.07) is -0.359. The van der Waals surface area contributed by atoms with E-state index in [9.17, 15) is 9.59 Å². The number of rotatable bonds is 6. The number of unbranched alkanes of at least 4 members (excludes halogenated alkanes) is 1. The molecule has 0 bridgehead atoms. The van der Waals surface area contributed by atoms with Crippen LogP contribution in [0.5, 0.6) is 0 Å². The molecule has 25 heavy (non-hydrogen) atoms. The van der Waals surface area contributed by atoms with Crippen LogP contribution in [0.25, 0.3) is 0 Å². The summed E-state index contributed by atoms with van der Waals surface area (Å²) in [6.07, 6.45) is 12.4. The van der Waals surface area contributed by atoms with Gasteiger partial charge in [0.05, 0.1) is 12.0 Å². The summed E-state index contributed by atoms with van der Waals surface area (Å²) in [6.45, 7) is 2.57. The van der Waals surface area contributed by atoms with Crippen LogP contribution in [-0.2, 0) is 14.3 Å². The van der Waals surface area contributed by atoms with Crippen molar-refractivity contribution in [3.05, 3.63) is 0 Å². The Balaban J connectivity index is 1.71. The number of carbonyl (C=O) groups is 2. The zero-order valence-corrected chi connectivity index (χ0v) is 16.4. The molecule has 2 saturated carbocycles. The fourth-order valence-electron chi connectivity index (χ4n) is 4.57. The van der Waals surface area contributed by atoms with Gasteiger partial charge in [-0.05, 0) is 38.0 Å². The van der Waals surface area contributed by atoms with Crippen LogP contribution >= 0.6 is 11.8 Å². The van der Waals surface area contributed by atoms with E-state index in [1.54, 1.807) is 0 Å². The molecule has 0 aromatic rings. The molecule has 4 nitrogen and oxygen atoms in total. The first-order chi connectivity index (χ1) is 12.2. The van der Waals surface area contributed by atoms with Crippen molar-refractivity contribution in [3.63, 3.8) is 0 Å². The van der Waals surface area contributed by atoms with E-state index < -0.39 is 0 Å². The second-order valence-electron chi connectivity index (χ2n) is 7.89. The molecule has 0 aromatic heterocycles. The summed E-state index contributed by atoms with van der Waals surface area (Å²) in [5.74, 6) is 1.46. The number of thioether (sulfide) groups is 1. The molecule has 1 saturated heterocycles. The minimum atomic E-state index is -0.359. The van der Waals surface area contributed by atoms with E-state index in [2.05, 4.69) is 6.92 Å². The lowest BCUT2D eigenvalue weighted by molar-refractivity contribution is -0.156. The number of hydrogen-bond acceptors (Lipinski definition) is 4. The smallest absolute Gasteiger partial charge is 0.329 e. The first kappa shape index (κ1) is 19.1. The Morgan fingerprint density at radius 2 is 1.72 bits per heavy atom. The van der Waals surface area contributed by atoms with Crippen LogP contribution in [0, 0.1) is 11.8 Å². The van der Waals surface area contributed by atoms with Gasteiger partial charge in [-0.2, -0.15) is 0 Å². The molecule has 0 N–H and O–H groups in total. The second kappa shape index (κ2) is 9.29. The largest absolute Gasteiger partial charge is 0.464 e. The van der Waals surface area contributed by atoms with E-state index in [0.29, 0.717) is 18.3 Å². The monoisotopic (exact) mass is 367 g/mol. The van der Waals surface area contributed by atoms with Crippen LogP contribution in [0.3, 0.4) is 0 Å². The highest BCUT2D eigenvalue weighted by molar-refractivity contribution is 8.00. The fourth-order valence-corrected chi connectivity index (χ4v) is 6.20. The maximum Gasteiger partial charge on any atom is 0.329 e. The van der Waals surface area contributed by atoms with Gasteiger partial charge in [0, 0.05) is 11.7 Å². The maximum atomic E-state index is 13.3. The molecule has 3 aliphatic rings. The third-order valence-corrected chi connectivity index (χ3v) is 7.52. The molecule has 1 heterocycles. The van der Waals surface area contributed by atoms with Gasteiger partial charge in [-0.3, -0.25) is 4.79 Å². The third kappa shape index (κ3) is 4.53. The Bertz CT molecular complexity index is 458. The lowest BCUT2D eigenvalue weighted by atomic mass is 9.88. The summed E-state index contributed by atoms with van der Waals surface area (Å²) < 4.78 is 5.50. The van der Waals surface area contributed by atoms with Crippen molar-refractivity contribution in [2.45, 2.75) is 89.0 Å². The zero-order valence-electron chi connectivity index (χ0n) is 15.6. The van der Waals surface area contributed by atoms with Crippen molar-refractivity contribution in [1.82, 2.24) is 4.90 Å². The number of amides is 1. The molecule has 1 aliphatic heterocycles. The molecule has 3 fully saturated rings. The minimum Gasteiger partial charge on any atom is -0.464 e. The van der Waals surface area contributed by atoms with Gasteiger partial charge in [0.15, 0.2) is 0 Å². The molecule has 3 rings (SSSR count). The molecule has 0 spiro atoms. The zero-order chi connectivity index (χ0) is 17.6. The van der Waals surface area contributed by atoms with Crippen LogP contribution in [-0.4, -0.2) is 40.6 Å². The van der Waals surface area contributed by atoms with E-state index >= 15 is 0 Å². The van der Waals surface area contributed by atoms with Gasteiger partial charge in [-0.15, -0.1) is 11.8 Å². The molecule has 0 aromatic carbocycles. The second-order valence-corrected chi connectivity index (χ2v) is 9.04. The number of nitrogens with zero attached hydrogens (tertiary/aromatic N) is 1. The minimum absolute atomic E-state index is 0.135. The topological polar surface area (TPSA) is 46.6 Å². The lowest BCUT2D eigenvalue weighted by Gasteiger charge is -2.36. The number of ether oxygens (including phenoxy) is 1. The Morgan fingerprint density at radius 1 is 1.04 bits per heavy atom. The molecule has 2 aliphatic carbocycles. The van der Waals surface area contributed by atoms with Crippen LogP contribution in [0.15, 0.2) is 0 Å². The molecule has 5 heteroatoms. The summed E-state index contributed by atoms with van der Waals surface area (Å²) in [5, 5.41) is 0.192. The van der Waals surface area contributed by atoms with E-state index in [1.807, 2.05) is 16.7 Å². The van der Waals surface area contributed by atoms with Gasteiger partial charge in [0.25, 0.3) is 0 Å². The highest BCUT2D eigenvalue weighted by atomic mass is 32.2. The summed E-state index contributed by atoms with van der Waals surface area (Å²) in [7, 11) is 0. The molecule has 0 radical (unpaired) electrons. The first-order valence-corrected chi connectivity index (χ1v) is 11.4. The van der Waals surface area contributed by atoms with Gasteiger partial charge >= 0.3 is 5.97 Å². The first-order valence-electron chi connectivity index (χ1n) is 10.3. The molecule has 1 amide bonds. The van der Waals surface area contributed by atoms with Crippen molar-refractivity contribution in [1.29, 1.82) is 0 Å². The summed E-state index contributed by atoms with van der Waals surface area (Å²) in [4.78, 5) is 27.9. The number of carbonyl (C=O) groups excluding carboxylic acids is 2. The average Bonchev–Trinajstić information content (AvgIpc) is 3.32. The van der Waals surface area contributed by atoms with Gasteiger partial charge in [-0.1, -0.05) is 45.4 Å². The van der Waals surface area contributed by atoms with Crippen LogP contribution in [0.2, 0.25) is 0 Å². The Labute approximate surface area is 156 Å². The van der Waals surface area contributed by atoms with Gasteiger partial charge in [0.1, 0.15) is 6.04 Å². The van der Waals surface area contributed by atoms with E-state index in [0.717, 1.165) is 38.5 Å². The predicted octanol–water partition coefficient (Wildman–Crippen LogP) is 4.37. The third-order valence-electron chi connectivity index (χ3n) is 6.06. The van der Waals surface area contributed by atoms with Crippen molar-refractivity contribution in [2.75, 3.05) is 12.4 Å².